The van der Waals surface area contributed by atoms with E-state index >= 15 is 0 Å². The highest BCUT2D eigenvalue weighted by atomic mass is 35.5. The van der Waals surface area contributed by atoms with Gasteiger partial charge in [0.15, 0.2) is 0 Å². The topological polar surface area (TPSA) is 70.4 Å². The summed E-state index contributed by atoms with van der Waals surface area (Å²) in [6.45, 7) is 11.6. The van der Waals surface area contributed by atoms with Gasteiger partial charge in [0, 0.05) is 12.6 Å². The Balaban J connectivity index is 2.01. The predicted molar refractivity (Wildman–Crippen MR) is 119 cm³/mol. The highest BCUT2D eigenvalue weighted by molar-refractivity contribution is 6.63. The van der Waals surface area contributed by atoms with Crippen molar-refractivity contribution in [2.45, 2.75) is 58.7 Å². The van der Waals surface area contributed by atoms with Crippen LogP contribution >= 0.6 is 23.2 Å². The van der Waals surface area contributed by atoms with Gasteiger partial charge in [-0.05, 0) is 57.3 Å². The van der Waals surface area contributed by atoms with Crippen molar-refractivity contribution in [3.8, 4) is 0 Å². The van der Waals surface area contributed by atoms with Crippen molar-refractivity contribution < 1.29 is 14.1 Å². The summed E-state index contributed by atoms with van der Waals surface area (Å²) in [5, 5.41) is 4.43. The summed E-state index contributed by atoms with van der Waals surface area (Å²) < 4.78 is 13.2. The Morgan fingerprint density at radius 2 is 1.57 bits per heavy atom. The van der Waals surface area contributed by atoms with E-state index in [4.69, 9.17) is 32.5 Å². The molecule has 1 fully saturated rings. The van der Waals surface area contributed by atoms with Gasteiger partial charge < -0.3 is 9.31 Å². The molecule has 0 N–H and O–H groups in total. The van der Waals surface area contributed by atoms with Gasteiger partial charge >= 0.3 is 7.12 Å². The van der Waals surface area contributed by atoms with Crippen LogP contribution in [0.15, 0.2) is 23.0 Å². The zero-order valence-electron chi connectivity index (χ0n) is 18.2. The lowest BCUT2D eigenvalue weighted by molar-refractivity contribution is 0.00578. The Morgan fingerprint density at radius 1 is 1.07 bits per heavy atom. The van der Waals surface area contributed by atoms with E-state index in [2.05, 4.69) is 5.10 Å². The zero-order chi connectivity index (χ0) is 22.6. The fraction of sp³-hybridized carbons (Fsp3) is 0.476. The van der Waals surface area contributed by atoms with Gasteiger partial charge in [-0.15, -0.1) is 0 Å². The first-order chi connectivity index (χ1) is 13.7. The maximum Gasteiger partial charge on any atom is 0.494 e. The summed E-state index contributed by atoms with van der Waals surface area (Å²) in [5.74, 6) is -0.516. The van der Waals surface area contributed by atoms with Crippen LogP contribution in [-0.2, 0) is 16.4 Å². The molecule has 1 aliphatic heterocycles. The molecule has 0 radical (unpaired) electrons. The van der Waals surface area contributed by atoms with Crippen LogP contribution in [-0.4, -0.2) is 33.9 Å². The molecule has 3 rings (SSSR count). The van der Waals surface area contributed by atoms with Crippen LogP contribution in [0.2, 0.25) is 10.0 Å². The van der Waals surface area contributed by atoms with E-state index in [-0.39, 0.29) is 32.8 Å². The molecule has 9 heteroatoms. The first-order valence-electron chi connectivity index (χ1n) is 9.72. The van der Waals surface area contributed by atoms with Gasteiger partial charge in [-0.25, -0.2) is 4.68 Å². The van der Waals surface area contributed by atoms with Crippen LogP contribution < -0.4 is 11.0 Å². The first kappa shape index (κ1) is 23.0. The van der Waals surface area contributed by atoms with Crippen LogP contribution in [0.4, 0.5) is 0 Å². The van der Waals surface area contributed by atoms with Gasteiger partial charge in [0.1, 0.15) is 5.69 Å². The van der Waals surface area contributed by atoms with Crippen LogP contribution in [0.1, 0.15) is 69.1 Å². The smallest absolute Gasteiger partial charge is 0.399 e. The molecule has 1 aromatic carbocycles. The molecule has 0 spiro atoms. The second kappa shape index (κ2) is 7.79. The number of aryl methyl sites for hydroxylation is 1. The van der Waals surface area contributed by atoms with Crippen LogP contribution in [0, 0.1) is 0 Å². The number of hydrogen-bond acceptors (Lipinski definition) is 5. The van der Waals surface area contributed by atoms with Crippen LogP contribution in [0.5, 0.6) is 0 Å². The first-order valence-corrected chi connectivity index (χ1v) is 10.5. The molecule has 6 nitrogen and oxygen atoms in total. The van der Waals surface area contributed by atoms with Gasteiger partial charge in [0.2, 0.25) is 5.78 Å². The van der Waals surface area contributed by atoms with Crippen LogP contribution in [0.25, 0.3) is 0 Å². The summed E-state index contributed by atoms with van der Waals surface area (Å²) in [6.07, 6.45) is 0. The van der Waals surface area contributed by atoms with Crippen molar-refractivity contribution in [2.24, 2.45) is 7.05 Å². The Morgan fingerprint density at radius 3 is 2.03 bits per heavy atom. The standard InChI is InChI=1S/C21H25BCl2N2O4/c1-11(2)13-10-16(25-26(7)19(13)28)18(27)17-14(23)8-12(9-15(17)24)22-29-20(3,4)21(5,6)30-22/h8-11H,1-7H3. The largest absolute Gasteiger partial charge is 0.494 e. The van der Waals surface area contributed by atoms with E-state index < -0.39 is 24.1 Å². The molecule has 0 saturated carbocycles. The van der Waals surface area contributed by atoms with Gasteiger partial charge in [0.05, 0.1) is 26.8 Å². The lowest BCUT2D eigenvalue weighted by Crippen LogP contribution is -2.41. The molecule has 1 aliphatic rings. The number of ketones is 1. The molecule has 2 heterocycles. The SMILES string of the molecule is CC(C)c1cc(C(=O)c2c(Cl)cc(B3OC(C)(C)C(C)(C)O3)cc2Cl)nn(C)c1=O. The molecule has 0 atom stereocenters. The van der Waals surface area contributed by atoms with Crippen molar-refractivity contribution in [3.63, 3.8) is 0 Å². The van der Waals surface area contributed by atoms with Crippen molar-refractivity contribution >= 4 is 41.6 Å². The number of nitrogens with zero attached hydrogens (tertiary/aromatic N) is 2. The fourth-order valence-corrected chi connectivity index (χ4v) is 3.88. The Kier molecular flexibility index (Phi) is 5.97. The molecule has 1 saturated heterocycles. The highest BCUT2D eigenvalue weighted by Gasteiger charge is 2.52. The fourth-order valence-electron chi connectivity index (χ4n) is 3.21. The third kappa shape index (κ3) is 3.96. The lowest BCUT2D eigenvalue weighted by atomic mass is 9.78. The number of aromatic nitrogens is 2. The zero-order valence-corrected chi connectivity index (χ0v) is 19.7. The quantitative estimate of drug-likeness (QED) is 0.524. The minimum Gasteiger partial charge on any atom is -0.399 e. The normalized spacial score (nSPS) is 17.6. The average molecular weight is 451 g/mol. The van der Waals surface area contributed by atoms with Crippen LogP contribution in [0.3, 0.4) is 0 Å². The monoisotopic (exact) mass is 450 g/mol. The van der Waals surface area contributed by atoms with Gasteiger partial charge in [0.25, 0.3) is 5.56 Å². The van der Waals surface area contributed by atoms with E-state index in [1.165, 1.54) is 13.1 Å². The van der Waals surface area contributed by atoms with Gasteiger partial charge in [-0.3, -0.25) is 9.59 Å². The minimum absolute atomic E-state index is 0.0602. The maximum absolute atomic E-state index is 13.2. The number of carbonyl (C=O) groups excluding carboxylic acids is 1. The number of benzene rings is 1. The van der Waals surface area contributed by atoms with Crippen molar-refractivity contribution in [2.75, 3.05) is 0 Å². The molecule has 0 unspecified atom stereocenters. The molecular formula is C21H25BCl2N2O4. The molecule has 30 heavy (non-hydrogen) atoms. The van der Waals surface area contributed by atoms with Gasteiger partial charge in [-0.2, -0.15) is 5.10 Å². The maximum atomic E-state index is 13.2. The molecular weight excluding hydrogens is 426 g/mol. The third-order valence-corrected chi connectivity index (χ3v) is 6.36. The van der Waals surface area contributed by atoms with Crippen molar-refractivity contribution in [1.29, 1.82) is 0 Å². The summed E-state index contributed by atoms with van der Waals surface area (Å²) in [7, 11) is 0.854. The van der Waals surface area contributed by atoms with E-state index in [9.17, 15) is 9.59 Å². The summed E-state index contributed by atoms with van der Waals surface area (Å²) in [6, 6.07) is 4.74. The molecule has 0 amide bonds. The molecule has 0 aliphatic carbocycles. The minimum atomic E-state index is -0.655. The molecule has 1 aromatic heterocycles. The van der Waals surface area contributed by atoms with E-state index in [0.717, 1.165) is 4.68 Å². The third-order valence-electron chi connectivity index (χ3n) is 5.76. The van der Waals surface area contributed by atoms with Crippen molar-refractivity contribution in [1.82, 2.24) is 9.78 Å². The summed E-state index contributed by atoms with van der Waals surface area (Å²) in [4.78, 5) is 25.4. The second-order valence-electron chi connectivity index (χ2n) is 8.85. The lowest BCUT2D eigenvalue weighted by Gasteiger charge is -2.32. The Hall–Kier alpha value is -1.67. The molecule has 0 bridgehead atoms. The number of rotatable bonds is 4. The molecule has 2 aromatic rings. The average Bonchev–Trinajstić information content (AvgIpc) is 2.83. The molecule has 160 valence electrons. The van der Waals surface area contributed by atoms with Crippen molar-refractivity contribution in [3.05, 3.63) is 55.4 Å². The second-order valence-corrected chi connectivity index (χ2v) is 9.66. The van der Waals surface area contributed by atoms with Gasteiger partial charge in [-0.1, -0.05) is 37.0 Å². The number of halogens is 2. The Bertz CT molecular complexity index is 1040. The Labute approximate surface area is 186 Å². The van der Waals surface area contributed by atoms with E-state index in [0.29, 0.717) is 11.0 Å². The number of hydrogen-bond donors (Lipinski definition) is 0. The number of carbonyl (C=O) groups is 1. The van der Waals surface area contributed by atoms with E-state index in [1.54, 1.807) is 12.1 Å². The predicted octanol–water partition coefficient (Wildman–Crippen LogP) is 3.74. The van der Waals surface area contributed by atoms with E-state index in [1.807, 2.05) is 41.5 Å². The summed E-state index contributed by atoms with van der Waals surface area (Å²) in [5.41, 5.74) is 0.0736. The summed E-state index contributed by atoms with van der Waals surface area (Å²) >= 11 is 12.9. The highest BCUT2D eigenvalue weighted by Crippen LogP contribution is 2.37.